The van der Waals surface area contributed by atoms with Crippen LogP contribution in [0, 0.1) is 11.6 Å². The summed E-state index contributed by atoms with van der Waals surface area (Å²) in [6.45, 7) is 6.54. The van der Waals surface area contributed by atoms with Crippen molar-refractivity contribution >= 4 is 27.3 Å². The van der Waals surface area contributed by atoms with Gasteiger partial charge >= 0.3 is 6.18 Å². The third kappa shape index (κ3) is 6.05. The third-order valence-electron chi connectivity index (χ3n) is 9.22. The average molecular weight is 710 g/mol. The van der Waals surface area contributed by atoms with Gasteiger partial charge in [-0.25, -0.2) is 13.8 Å². The van der Waals surface area contributed by atoms with Crippen LogP contribution in [0.3, 0.4) is 0 Å². The number of amides is 1. The molecule has 0 fully saturated rings. The number of rotatable bonds is 8. The largest absolute Gasteiger partial charge is 0.490 e. The lowest BCUT2D eigenvalue weighted by Gasteiger charge is -2.33. The van der Waals surface area contributed by atoms with Crippen LogP contribution >= 0.6 is 11.3 Å². The molecule has 50 heavy (non-hydrogen) atoms. The second-order valence-corrected chi connectivity index (χ2v) is 13.1. The number of halogens is 5. The second kappa shape index (κ2) is 13.2. The van der Waals surface area contributed by atoms with Crippen molar-refractivity contribution in [3.8, 4) is 39.5 Å². The van der Waals surface area contributed by atoms with E-state index in [1.54, 1.807) is 21.7 Å². The zero-order chi connectivity index (χ0) is 35.3. The van der Waals surface area contributed by atoms with Gasteiger partial charge in [-0.1, -0.05) is 18.7 Å². The summed E-state index contributed by atoms with van der Waals surface area (Å²) in [4.78, 5) is 19.4. The van der Waals surface area contributed by atoms with E-state index >= 15 is 4.39 Å². The highest BCUT2D eigenvalue weighted by Crippen LogP contribution is 2.47. The number of fused-ring (bicyclic) bond motifs is 3. The Morgan fingerprint density at radius 1 is 1.08 bits per heavy atom. The van der Waals surface area contributed by atoms with Crippen molar-refractivity contribution in [2.24, 2.45) is 0 Å². The first kappa shape index (κ1) is 33.8. The molecule has 2 aromatic carbocycles. The summed E-state index contributed by atoms with van der Waals surface area (Å²) in [7, 11) is 1.49. The van der Waals surface area contributed by atoms with Gasteiger partial charge in [-0.2, -0.15) is 18.3 Å². The first-order valence-electron chi connectivity index (χ1n) is 15.9. The van der Waals surface area contributed by atoms with Crippen molar-refractivity contribution in [2.45, 2.75) is 44.7 Å². The van der Waals surface area contributed by atoms with Crippen LogP contribution in [0.25, 0.3) is 43.9 Å². The van der Waals surface area contributed by atoms with Crippen molar-refractivity contribution in [1.82, 2.24) is 25.0 Å². The molecule has 5 aromatic rings. The topological polar surface area (TPSA) is 81.5 Å². The molecule has 7 rings (SSSR count). The van der Waals surface area contributed by atoms with E-state index in [0.29, 0.717) is 56.9 Å². The standard InChI is InChI=1S/C36H32F5N5O3S/c1-4-30(47)45-8-9-46-27(19(45)2)17-26(44-46)34-32(31-25(38)15-23(37)16-28(31)49-11-10-48-3)35-24(7-12-50-35)33(43-34)21-6-5-20-14-29(36(39,40)41)42-18-22(20)13-21/h4-7,12-13,15-17,19,29,42H,1,8-11,14,18H2,2-3H3/t19-,29+/m1/s1. The van der Waals surface area contributed by atoms with Crippen LogP contribution in [0.4, 0.5) is 22.0 Å². The summed E-state index contributed by atoms with van der Waals surface area (Å²) < 4.78 is 84.6. The molecule has 14 heteroatoms. The van der Waals surface area contributed by atoms with E-state index in [1.165, 1.54) is 24.5 Å². The van der Waals surface area contributed by atoms with Crippen LogP contribution < -0.4 is 10.1 Å². The van der Waals surface area contributed by atoms with E-state index in [9.17, 15) is 22.4 Å². The maximum absolute atomic E-state index is 16.1. The summed E-state index contributed by atoms with van der Waals surface area (Å²) >= 11 is 1.33. The molecular weight excluding hydrogens is 677 g/mol. The van der Waals surface area contributed by atoms with Gasteiger partial charge in [0.15, 0.2) is 0 Å². The number of benzene rings is 2. The molecule has 5 heterocycles. The number of nitrogens with zero attached hydrogens (tertiary/aromatic N) is 4. The van der Waals surface area contributed by atoms with Gasteiger partial charge in [-0.3, -0.25) is 9.48 Å². The Kier molecular flexibility index (Phi) is 8.95. The van der Waals surface area contributed by atoms with E-state index in [4.69, 9.17) is 19.6 Å². The zero-order valence-electron chi connectivity index (χ0n) is 27.1. The SMILES string of the molecule is C=CC(=O)N1CCn2nc(-c3nc(-c4ccc5c(c4)CN[C@H](C(F)(F)F)C5)c4ccsc4c3-c3c(F)cc(F)cc3OCCOC)cc2[C@H]1C. The van der Waals surface area contributed by atoms with Gasteiger partial charge in [-0.05, 0) is 54.1 Å². The lowest BCUT2D eigenvalue weighted by molar-refractivity contribution is -0.157. The van der Waals surface area contributed by atoms with Crippen molar-refractivity contribution < 1.29 is 36.2 Å². The molecular formula is C36H32F5N5O3S. The first-order chi connectivity index (χ1) is 24.0. The van der Waals surface area contributed by atoms with Gasteiger partial charge in [0.05, 0.1) is 36.1 Å². The third-order valence-corrected chi connectivity index (χ3v) is 10.2. The minimum absolute atomic E-state index is 0.000631. The Morgan fingerprint density at radius 2 is 1.90 bits per heavy atom. The van der Waals surface area contributed by atoms with Crippen molar-refractivity contribution in [3.63, 3.8) is 0 Å². The fraction of sp³-hybridized carbons (Fsp3) is 0.306. The number of thiophene rings is 1. The highest BCUT2D eigenvalue weighted by molar-refractivity contribution is 7.18. The van der Waals surface area contributed by atoms with Crippen LogP contribution in [0.2, 0.25) is 0 Å². The molecule has 2 aliphatic rings. The number of aromatic nitrogens is 3. The number of carbonyl (C=O) groups excluding carboxylic acids is 1. The van der Waals surface area contributed by atoms with Crippen LogP contribution in [-0.4, -0.2) is 64.7 Å². The van der Waals surface area contributed by atoms with Crippen LogP contribution in [-0.2, 0) is 29.0 Å². The Balaban J connectivity index is 1.44. The molecule has 1 N–H and O–H groups in total. The van der Waals surface area contributed by atoms with E-state index in [2.05, 4.69) is 11.9 Å². The van der Waals surface area contributed by atoms with Gasteiger partial charge in [0, 0.05) is 53.5 Å². The number of nitrogens with one attached hydrogen (secondary N) is 1. The molecule has 0 unspecified atom stereocenters. The van der Waals surface area contributed by atoms with E-state index in [-0.39, 0.29) is 49.4 Å². The number of pyridine rings is 1. The van der Waals surface area contributed by atoms with Gasteiger partial charge < -0.3 is 19.7 Å². The van der Waals surface area contributed by atoms with Crippen molar-refractivity contribution in [1.29, 1.82) is 0 Å². The van der Waals surface area contributed by atoms with E-state index in [1.807, 2.05) is 30.5 Å². The van der Waals surface area contributed by atoms with Crippen molar-refractivity contribution in [2.75, 3.05) is 26.9 Å². The molecule has 0 saturated carbocycles. The van der Waals surface area contributed by atoms with Crippen LogP contribution in [0.15, 0.2) is 60.5 Å². The molecule has 0 saturated heterocycles. The number of ether oxygens (including phenoxy) is 2. The summed E-state index contributed by atoms with van der Waals surface area (Å²) in [5.41, 5.74) is 4.25. The second-order valence-electron chi connectivity index (χ2n) is 12.2. The molecule has 0 radical (unpaired) electrons. The van der Waals surface area contributed by atoms with Crippen molar-refractivity contribution in [3.05, 3.63) is 89.0 Å². The number of carbonyl (C=O) groups is 1. The predicted molar refractivity (Wildman–Crippen MR) is 180 cm³/mol. The molecule has 2 aliphatic heterocycles. The van der Waals surface area contributed by atoms with E-state index in [0.717, 1.165) is 23.4 Å². The van der Waals surface area contributed by atoms with Crippen LogP contribution in [0.1, 0.15) is 29.8 Å². The minimum Gasteiger partial charge on any atom is -0.490 e. The Morgan fingerprint density at radius 3 is 2.66 bits per heavy atom. The maximum Gasteiger partial charge on any atom is 0.404 e. The average Bonchev–Trinajstić information content (AvgIpc) is 3.75. The fourth-order valence-electron chi connectivity index (χ4n) is 6.73. The lowest BCUT2D eigenvalue weighted by Crippen LogP contribution is -2.46. The molecule has 8 nitrogen and oxygen atoms in total. The summed E-state index contributed by atoms with van der Waals surface area (Å²) in [5.74, 6) is -1.94. The number of hydrogen-bond acceptors (Lipinski definition) is 7. The van der Waals surface area contributed by atoms with Gasteiger partial charge in [0.2, 0.25) is 5.91 Å². The van der Waals surface area contributed by atoms with Gasteiger partial charge in [0.25, 0.3) is 0 Å². The Hall–Kier alpha value is -4.66. The summed E-state index contributed by atoms with van der Waals surface area (Å²) in [6.07, 6.45) is -3.30. The monoisotopic (exact) mass is 709 g/mol. The molecule has 3 aromatic heterocycles. The smallest absolute Gasteiger partial charge is 0.404 e. The minimum atomic E-state index is -4.37. The Labute approximate surface area is 288 Å². The Bertz CT molecular complexity index is 2130. The normalized spacial score (nSPS) is 17.5. The molecule has 0 spiro atoms. The van der Waals surface area contributed by atoms with Gasteiger partial charge in [-0.15, -0.1) is 11.3 Å². The number of methoxy groups -OCH3 is 1. The van der Waals surface area contributed by atoms with Gasteiger partial charge in [0.1, 0.15) is 41.4 Å². The molecule has 0 aliphatic carbocycles. The molecule has 260 valence electrons. The highest BCUT2D eigenvalue weighted by atomic mass is 32.1. The maximum atomic E-state index is 16.1. The van der Waals surface area contributed by atoms with E-state index < -0.39 is 23.9 Å². The molecule has 0 bridgehead atoms. The first-order valence-corrected chi connectivity index (χ1v) is 16.8. The quantitative estimate of drug-likeness (QED) is 0.102. The molecule has 2 atom stereocenters. The lowest BCUT2D eigenvalue weighted by atomic mass is 9.91. The summed E-state index contributed by atoms with van der Waals surface area (Å²) in [6, 6.07) is 8.85. The van der Waals surface area contributed by atoms with Crippen LogP contribution in [0.5, 0.6) is 5.75 Å². The zero-order valence-corrected chi connectivity index (χ0v) is 27.9. The highest BCUT2D eigenvalue weighted by Gasteiger charge is 2.41. The molecule has 1 amide bonds. The number of hydrogen-bond donors (Lipinski definition) is 1. The fourth-order valence-corrected chi connectivity index (χ4v) is 7.68. The number of alkyl halides is 3. The summed E-state index contributed by atoms with van der Waals surface area (Å²) in [5, 5.41) is 9.97. The predicted octanol–water partition coefficient (Wildman–Crippen LogP) is 7.46.